The number of carboxylic acids is 1. The second-order valence-electron chi connectivity index (χ2n) is 4.54. The maximum absolute atomic E-state index is 13.5. The number of aliphatic carboxylic acids is 1. The predicted molar refractivity (Wildman–Crippen MR) is 70.6 cm³/mol. The first kappa shape index (κ1) is 16.5. The number of hydrogen-bond donors (Lipinski definition) is 2. The van der Waals surface area contributed by atoms with Gasteiger partial charge in [0, 0.05) is 19.8 Å². The molecule has 0 radical (unpaired) electrons. The summed E-state index contributed by atoms with van der Waals surface area (Å²) >= 11 is 0. The van der Waals surface area contributed by atoms with Crippen molar-refractivity contribution in [3.8, 4) is 0 Å². The molecule has 0 amide bonds. The van der Waals surface area contributed by atoms with Crippen LogP contribution in [0.3, 0.4) is 0 Å². The van der Waals surface area contributed by atoms with Crippen LogP contribution in [0.1, 0.15) is 18.4 Å². The number of rotatable bonds is 9. The molecule has 0 saturated heterocycles. The lowest BCUT2D eigenvalue weighted by atomic mass is 10.0. The van der Waals surface area contributed by atoms with Crippen LogP contribution in [0, 0.1) is 11.6 Å². The van der Waals surface area contributed by atoms with Crippen LogP contribution in [0.15, 0.2) is 18.2 Å². The molecular formula is C14H19F2NO3. The normalized spacial score (nSPS) is 12.3. The number of benzene rings is 1. The summed E-state index contributed by atoms with van der Waals surface area (Å²) in [5, 5.41) is 11.9. The first-order chi connectivity index (χ1) is 9.52. The Morgan fingerprint density at radius 3 is 2.85 bits per heavy atom. The predicted octanol–water partition coefficient (Wildman–Crippen LogP) is 1.98. The van der Waals surface area contributed by atoms with E-state index in [-0.39, 0.29) is 18.4 Å². The molecular weight excluding hydrogens is 268 g/mol. The summed E-state index contributed by atoms with van der Waals surface area (Å²) in [5.74, 6) is -2.04. The lowest BCUT2D eigenvalue weighted by Crippen LogP contribution is -2.34. The van der Waals surface area contributed by atoms with Crippen molar-refractivity contribution >= 4 is 5.97 Å². The van der Waals surface area contributed by atoms with E-state index in [0.29, 0.717) is 13.2 Å². The van der Waals surface area contributed by atoms with Crippen LogP contribution >= 0.6 is 0 Å². The van der Waals surface area contributed by atoms with Crippen LogP contribution in [0.25, 0.3) is 0 Å². The molecule has 112 valence electrons. The van der Waals surface area contributed by atoms with Crippen LogP contribution < -0.4 is 5.32 Å². The minimum absolute atomic E-state index is 0.128. The quantitative estimate of drug-likeness (QED) is 0.682. The first-order valence-electron chi connectivity index (χ1n) is 6.41. The highest BCUT2D eigenvalue weighted by molar-refractivity contribution is 5.67. The smallest absolute Gasteiger partial charge is 0.304 e. The van der Waals surface area contributed by atoms with Gasteiger partial charge in [0.05, 0.1) is 6.42 Å². The molecule has 0 aliphatic carbocycles. The third kappa shape index (κ3) is 6.08. The van der Waals surface area contributed by atoms with Gasteiger partial charge in [-0.2, -0.15) is 0 Å². The van der Waals surface area contributed by atoms with E-state index in [1.54, 1.807) is 7.11 Å². The molecule has 1 aromatic rings. The number of methoxy groups -OCH3 is 1. The van der Waals surface area contributed by atoms with Crippen LogP contribution in [-0.2, 0) is 16.0 Å². The number of nitrogens with one attached hydrogen (secondary N) is 1. The van der Waals surface area contributed by atoms with Crippen molar-refractivity contribution in [1.82, 2.24) is 5.32 Å². The third-order valence-electron chi connectivity index (χ3n) is 2.85. The minimum atomic E-state index is -0.981. The van der Waals surface area contributed by atoms with Crippen molar-refractivity contribution in [2.75, 3.05) is 20.3 Å². The third-order valence-corrected chi connectivity index (χ3v) is 2.85. The topological polar surface area (TPSA) is 58.6 Å². The number of hydrogen-bond acceptors (Lipinski definition) is 3. The summed E-state index contributed by atoms with van der Waals surface area (Å²) in [5.41, 5.74) is 0.176. The van der Waals surface area contributed by atoms with E-state index in [0.717, 1.165) is 24.6 Å². The van der Waals surface area contributed by atoms with E-state index in [4.69, 9.17) is 9.84 Å². The minimum Gasteiger partial charge on any atom is -0.481 e. The van der Waals surface area contributed by atoms with Gasteiger partial charge in [-0.3, -0.25) is 4.79 Å². The summed E-state index contributed by atoms with van der Waals surface area (Å²) in [4.78, 5) is 10.8. The van der Waals surface area contributed by atoms with Crippen molar-refractivity contribution in [2.45, 2.75) is 25.3 Å². The van der Waals surface area contributed by atoms with Gasteiger partial charge in [0.1, 0.15) is 11.6 Å². The van der Waals surface area contributed by atoms with E-state index >= 15 is 0 Å². The Morgan fingerprint density at radius 1 is 1.45 bits per heavy atom. The summed E-state index contributed by atoms with van der Waals surface area (Å²) in [6.07, 6.45) is 0.698. The molecule has 0 fully saturated rings. The lowest BCUT2D eigenvalue weighted by molar-refractivity contribution is -0.137. The molecule has 1 rings (SSSR count). The number of carboxylic acid groups (broad SMARTS) is 1. The van der Waals surface area contributed by atoms with Gasteiger partial charge in [0.25, 0.3) is 0 Å². The van der Waals surface area contributed by atoms with Crippen molar-refractivity contribution < 1.29 is 23.4 Å². The highest BCUT2D eigenvalue weighted by atomic mass is 19.1. The Morgan fingerprint density at radius 2 is 2.20 bits per heavy atom. The Kier molecular flexibility index (Phi) is 7.11. The highest BCUT2D eigenvalue weighted by Crippen LogP contribution is 2.13. The molecule has 6 heteroatoms. The molecule has 2 N–H and O–H groups in total. The van der Waals surface area contributed by atoms with Gasteiger partial charge in [-0.05, 0) is 43.1 Å². The Labute approximate surface area is 116 Å². The van der Waals surface area contributed by atoms with Crippen LogP contribution in [-0.4, -0.2) is 37.4 Å². The van der Waals surface area contributed by atoms with Crippen LogP contribution in [0.2, 0.25) is 0 Å². The SMILES string of the molecule is COCCCNC(CC(=O)O)Cc1cc(F)ccc1F. The summed E-state index contributed by atoms with van der Waals surface area (Å²) in [6, 6.07) is 2.74. The molecule has 1 atom stereocenters. The van der Waals surface area contributed by atoms with Crippen molar-refractivity contribution in [1.29, 1.82) is 0 Å². The van der Waals surface area contributed by atoms with Crippen LogP contribution in [0.5, 0.6) is 0 Å². The highest BCUT2D eigenvalue weighted by Gasteiger charge is 2.16. The molecule has 0 aromatic heterocycles. The maximum Gasteiger partial charge on any atom is 0.304 e. The van der Waals surface area contributed by atoms with Gasteiger partial charge in [0.15, 0.2) is 0 Å². The average molecular weight is 287 g/mol. The molecule has 0 aliphatic rings. The zero-order valence-electron chi connectivity index (χ0n) is 11.4. The van der Waals surface area contributed by atoms with Gasteiger partial charge in [-0.25, -0.2) is 8.78 Å². The molecule has 0 aliphatic heterocycles. The van der Waals surface area contributed by atoms with Gasteiger partial charge < -0.3 is 15.2 Å². The lowest BCUT2D eigenvalue weighted by Gasteiger charge is -2.17. The zero-order chi connectivity index (χ0) is 15.0. The molecule has 1 aromatic carbocycles. The molecule has 0 spiro atoms. The fourth-order valence-corrected chi connectivity index (χ4v) is 1.92. The number of ether oxygens (including phenoxy) is 1. The summed E-state index contributed by atoms with van der Waals surface area (Å²) in [6.45, 7) is 1.11. The maximum atomic E-state index is 13.5. The van der Waals surface area contributed by atoms with Gasteiger partial charge >= 0.3 is 5.97 Å². The molecule has 20 heavy (non-hydrogen) atoms. The van der Waals surface area contributed by atoms with Crippen molar-refractivity contribution in [2.24, 2.45) is 0 Å². The molecule has 1 unspecified atom stereocenters. The van der Waals surface area contributed by atoms with E-state index in [1.165, 1.54) is 0 Å². The fraction of sp³-hybridized carbons (Fsp3) is 0.500. The first-order valence-corrected chi connectivity index (χ1v) is 6.41. The molecule has 0 saturated carbocycles. The van der Waals surface area contributed by atoms with Crippen molar-refractivity contribution in [3.05, 3.63) is 35.4 Å². The van der Waals surface area contributed by atoms with Crippen LogP contribution in [0.4, 0.5) is 8.78 Å². The zero-order valence-corrected chi connectivity index (χ0v) is 11.4. The Hall–Kier alpha value is -1.53. The van der Waals surface area contributed by atoms with Crippen molar-refractivity contribution in [3.63, 3.8) is 0 Å². The molecule has 0 heterocycles. The van der Waals surface area contributed by atoms with E-state index in [2.05, 4.69) is 5.32 Å². The van der Waals surface area contributed by atoms with E-state index in [1.807, 2.05) is 0 Å². The number of halogens is 2. The Bertz CT molecular complexity index is 440. The standard InChI is InChI=1S/C14H19F2NO3/c1-20-6-2-5-17-12(9-14(18)19)8-10-7-11(15)3-4-13(10)16/h3-4,7,12,17H,2,5-6,8-9H2,1H3,(H,18,19). The molecule has 4 nitrogen and oxygen atoms in total. The summed E-state index contributed by atoms with van der Waals surface area (Å²) in [7, 11) is 1.58. The Balaban J connectivity index is 2.63. The monoisotopic (exact) mass is 287 g/mol. The fourth-order valence-electron chi connectivity index (χ4n) is 1.92. The van der Waals surface area contributed by atoms with E-state index < -0.39 is 23.6 Å². The largest absolute Gasteiger partial charge is 0.481 e. The second kappa shape index (κ2) is 8.60. The molecule has 0 bridgehead atoms. The van der Waals surface area contributed by atoms with Gasteiger partial charge in [-0.1, -0.05) is 0 Å². The summed E-state index contributed by atoms with van der Waals surface area (Å²) < 4.78 is 31.5. The van der Waals surface area contributed by atoms with Gasteiger partial charge in [-0.15, -0.1) is 0 Å². The van der Waals surface area contributed by atoms with Gasteiger partial charge in [0.2, 0.25) is 0 Å². The average Bonchev–Trinajstić information content (AvgIpc) is 2.38. The number of carbonyl (C=O) groups is 1. The second-order valence-corrected chi connectivity index (χ2v) is 4.54. The van der Waals surface area contributed by atoms with E-state index in [9.17, 15) is 13.6 Å².